The molecule has 2 atom stereocenters. The third-order valence-corrected chi connectivity index (χ3v) is 6.92. The number of alkyl halides is 2. The van der Waals surface area contributed by atoms with Crippen molar-refractivity contribution in [2.45, 2.75) is 50.4 Å². The van der Waals surface area contributed by atoms with Gasteiger partial charge >= 0.3 is 5.92 Å². The van der Waals surface area contributed by atoms with Gasteiger partial charge in [-0.2, -0.15) is 8.78 Å². The molecule has 2 unspecified atom stereocenters. The normalized spacial score (nSPS) is 12.9. The molecular formula is C35H38F2N2O5. The molecule has 0 aliphatic rings. The molecule has 0 saturated carbocycles. The lowest BCUT2D eigenvalue weighted by atomic mass is 9.97. The van der Waals surface area contributed by atoms with Crippen LogP contribution >= 0.6 is 0 Å². The summed E-state index contributed by atoms with van der Waals surface area (Å²) < 4.78 is 47.5. The van der Waals surface area contributed by atoms with Crippen molar-refractivity contribution in [2.75, 3.05) is 13.2 Å². The summed E-state index contributed by atoms with van der Waals surface area (Å²) >= 11 is 0. The molecule has 0 bridgehead atoms. The van der Waals surface area contributed by atoms with Crippen LogP contribution in [0, 0.1) is 0 Å². The second-order valence-corrected chi connectivity index (χ2v) is 10.5. The summed E-state index contributed by atoms with van der Waals surface area (Å²) in [6, 6.07) is 32.8. The first-order chi connectivity index (χ1) is 21.3. The van der Waals surface area contributed by atoms with Crippen molar-refractivity contribution >= 4 is 5.91 Å². The maximum Gasteiger partial charge on any atom is 0.351 e. The van der Waals surface area contributed by atoms with Gasteiger partial charge in [-0.3, -0.25) is 4.79 Å². The summed E-state index contributed by atoms with van der Waals surface area (Å²) in [6.07, 6.45) is -2.50. The largest absolute Gasteiger partial charge is 0.489 e. The van der Waals surface area contributed by atoms with Gasteiger partial charge in [-0.1, -0.05) is 103 Å². The van der Waals surface area contributed by atoms with E-state index in [1.807, 2.05) is 91.0 Å². The fourth-order valence-corrected chi connectivity index (χ4v) is 4.45. The lowest BCUT2D eigenvalue weighted by Gasteiger charge is -2.28. The monoisotopic (exact) mass is 604 g/mol. The minimum Gasteiger partial charge on any atom is -0.489 e. The summed E-state index contributed by atoms with van der Waals surface area (Å²) in [6.45, 7) is 0.686. The lowest BCUT2D eigenvalue weighted by molar-refractivity contribution is -0.167. The Morgan fingerprint density at radius 3 is 1.64 bits per heavy atom. The first-order valence-corrected chi connectivity index (χ1v) is 14.4. The van der Waals surface area contributed by atoms with Gasteiger partial charge in [0.2, 0.25) is 0 Å². The molecule has 0 radical (unpaired) electrons. The van der Waals surface area contributed by atoms with E-state index in [1.54, 1.807) is 24.3 Å². The van der Waals surface area contributed by atoms with Crippen LogP contribution in [0.15, 0.2) is 115 Å². The number of hydrogen-bond donors (Lipinski definition) is 3. The van der Waals surface area contributed by atoms with E-state index in [0.717, 1.165) is 16.7 Å². The summed E-state index contributed by atoms with van der Waals surface area (Å²) in [7, 11) is 0. The average Bonchev–Trinajstić information content (AvgIpc) is 3.05. The van der Waals surface area contributed by atoms with E-state index in [0.29, 0.717) is 17.9 Å². The molecule has 0 saturated heterocycles. The number of nitrogens with one attached hydrogen (secondary N) is 1. The number of rotatable bonds is 17. The maximum atomic E-state index is 15.2. The van der Waals surface area contributed by atoms with Crippen molar-refractivity contribution in [3.05, 3.63) is 138 Å². The number of nitrogens with two attached hydrogens (primary N) is 1. The zero-order valence-electron chi connectivity index (χ0n) is 24.4. The molecule has 4 N–H and O–H groups in total. The third-order valence-electron chi connectivity index (χ3n) is 6.92. The highest BCUT2D eigenvalue weighted by Gasteiger charge is 2.49. The van der Waals surface area contributed by atoms with Crippen LogP contribution in [0.3, 0.4) is 0 Å². The number of ether oxygens (including phenoxy) is 3. The van der Waals surface area contributed by atoms with E-state index in [2.05, 4.69) is 5.32 Å². The molecule has 232 valence electrons. The molecule has 7 nitrogen and oxygen atoms in total. The summed E-state index contributed by atoms with van der Waals surface area (Å²) in [5.74, 6) is -5.21. The maximum absolute atomic E-state index is 15.2. The zero-order valence-corrected chi connectivity index (χ0v) is 24.4. The number of aliphatic hydroxyl groups excluding tert-OH is 1. The van der Waals surface area contributed by atoms with Crippen LogP contribution in [0.25, 0.3) is 0 Å². The van der Waals surface area contributed by atoms with Crippen LogP contribution < -0.4 is 15.8 Å². The molecule has 9 heteroatoms. The first-order valence-electron chi connectivity index (χ1n) is 14.4. The number of hydrogen-bond acceptors (Lipinski definition) is 6. The topological polar surface area (TPSA) is 103 Å². The number of carbonyl (C=O) groups is 1. The third kappa shape index (κ3) is 10.2. The van der Waals surface area contributed by atoms with Crippen molar-refractivity contribution in [1.29, 1.82) is 0 Å². The van der Waals surface area contributed by atoms with Crippen molar-refractivity contribution < 1.29 is 32.9 Å². The molecule has 0 aliphatic heterocycles. The second-order valence-electron chi connectivity index (χ2n) is 10.5. The highest BCUT2D eigenvalue weighted by molar-refractivity contribution is 5.84. The van der Waals surface area contributed by atoms with Crippen LogP contribution in [-0.4, -0.2) is 48.3 Å². The molecule has 4 aromatic carbocycles. The number of benzene rings is 4. The van der Waals surface area contributed by atoms with Crippen molar-refractivity contribution in [1.82, 2.24) is 5.32 Å². The van der Waals surface area contributed by atoms with Gasteiger partial charge in [0.05, 0.1) is 32.5 Å². The second kappa shape index (κ2) is 16.6. The van der Waals surface area contributed by atoms with Gasteiger partial charge in [0, 0.05) is 6.04 Å². The van der Waals surface area contributed by atoms with Gasteiger partial charge in [0.1, 0.15) is 18.5 Å². The number of amides is 1. The van der Waals surface area contributed by atoms with Crippen molar-refractivity contribution in [3.8, 4) is 5.75 Å². The summed E-state index contributed by atoms with van der Waals surface area (Å²) in [5, 5.41) is 12.8. The predicted molar refractivity (Wildman–Crippen MR) is 164 cm³/mol. The van der Waals surface area contributed by atoms with E-state index in [-0.39, 0.29) is 32.8 Å². The molecule has 0 heterocycles. The van der Waals surface area contributed by atoms with Crippen molar-refractivity contribution in [3.63, 3.8) is 0 Å². The average molecular weight is 605 g/mol. The fourth-order valence-electron chi connectivity index (χ4n) is 4.45. The Bertz CT molecular complexity index is 1350. The number of halogens is 2. The molecule has 0 aromatic heterocycles. The SMILES string of the molecule is NC(Cc1ccc(OCc2ccccc2)cc1)C(O)C(F)(F)C(=O)NC(COCc1ccccc1)COCc1ccccc1. The van der Waals surface area contributed by atoms with Crippen LogP contribution in [0.2, 0.25) is 0 Å². The van der Waals surface area contributed by atoms with Crippen LogP contribution in [0.4, 0.5) is 8.78 Å². The van der Waals surface area contributed by atoms with Gasteiger partial charge in [-0.25, -0.2) is 0 Å². The highest BCUT2D eigenvalue weighted by Crippen LogP contribution is 2.24. The van der Waals surface area contributed by atoms with Gasteiger partial charge in [0.15, 0.2) is 0 Å². The van der Waals surface area contributed by atoms with E-state index in [9.17, 15) is 9.90 Å². The predicted octanol–water partition coefficient (Wildman–Crippen LogP) is 5.05. The Hall–Kier alpha value is -4.15. The molecule has 4 rings (SSSR count). The molecule has 0 spiro atoms. The molecule has 1 amide bonds. The Morgan fingerprint density at radius 2 is 1.16 bits per heavy atom. The van der Waals surface area contributed by atoms with E-state index < -0.39 is 30.0 Å². The Balaban J connectivity index is 1.31. The number of aliphatic hydroxyl groups is 1. The van der Waals surface area contributed by atoms with Crippen LogP contribution in [0.1, 0.15) is 22.3 Å². The Kier molecular flexibility index (Phi) is 12.4. The first kappa shape index (κ1) is 32.8. The zero-order chi connectivity index (χ0) is 31.2. The van der Waals surface area contributed by atoms with Gasteiger partial charge in [-0.15, -0.1) is 0 Å². The highest BCUT2D eigenvalue weighted by atomic mass is 19.3. The molecule has 0 fully saturated rings. The standard InChI is InChI=1S/C35H38F2N2O5/c36-35(37,33(40)32(38)20-26-16-18-31(19-17-26)44-23-29-14-8-3-9-15-29)34(41)39-30(24-42-21-27-10-4-1-5-11-27)25-43-22-28-12-6-2-7-13-28/h1-19,30,32-33,40H,20-25,38H2,(H,39,41). The van der Waals surface area contributed by atoms with Gasteiger partial charge < -0.3 is 30.4 Å². The van der Waals surface area contributed by atoms with Crippen LogP contribution in [0.5, 0.6) is 5.75 Å². The fraction of sp³-hybridized carbons (Fsp3) is 0.286. The molecular weight excluding hydrogens is 566 g/mol. The Morgan fingerprint density at radius 1 is 0.705 bits per heavy atom. The minimum absolute atomic E-state index is 0.0766. The molecule has 44 heavy (non-hydrogen) atoms. The molecule has 4 aromatic rings. The number of carbonyl (C=O) groups excluding carboxylic acids is 1. The van der Waals surface area contributed by atoms with E-state index in [1.165, 1.54) is 0 Å². The summed E-state index contributed by atoms with van der Waals surface area (Å²) in [5.41, 5.74) is 9.38. The summed E-state index contributed by atoms with van der Waals surface area (Å²) in [4.78, 5) is 12.8. The van der Waals surface area contributed by atoms with Gasteiger partial charge in [-0.05, 0) is 40.8 Å². The Labute approximate surface area is 256 Å². The quantitative estimate of drug-likeness (QED) is 0.156. The van der Waals surface area contributed by atoms with Gasteiger partial charge in [0.25, 0.3) is 5.91 Å². The van der Waals surface area contributed by atoms with E-state index >= 15 is 8.78 Å². The minimum atomic E-state index is -4.16. The molecule has 0 aliphatic carbocycles. The van der Waals surface area contributed by atoms with Crippen molar-refractivity contribution in [2.24, 2.45) is 5.73 Å². The lowest BCUT2D eigenvalue weighted by Crippen LogP contribution is -2.58. The smallest absolute Gasteiger partial charge is 0.351 e. The van der Waals surface area contributed by atoms with Crippen LogP contribution in [-0.2, 0) is 40.5 Å². The van der Waals surface area contributed by atoms with E-state index in [4.69, 9.17) is 19.9 Å².